The fraction of sp³-hybridized carbons (Fsp3) is 1.00. The molecule has 2 aliphatic heterocycles. The predicted molar refractivity (Wildman–Crippen MR) is 75.5 cm³/mol. The molecule has 3 fully saturated rings. The van der Waals surface area contributed by atoms with Crippen LogP contribution in [0.4, 0.5) is 0 Å². The molecular weight excluding hydrogens is 262 g/mol. The van der Waals surface area contributed by atoms with E-state index in [0.717, 1.165) is 38.4 Å². The van der Waals surface area contributed by atoms with Crippen molar-refractivity contribution in [2.75, 3.05) is 45.8 Å². The van der Waals surface area contributed by atoms with E-state index in [1.54, 1.807) is 4.31 Å². The Kier molecular flexibility index (Phi) is 4.12. The Bertz CT molecular complexity index is 394. The predicted octanol–water partition coefficient (Wildman–Crippen LogP) is 0.0958. The third kappa shape index (κ3) is 3.29. The third-order valence-corrected chi connectivity index (χ3v) is 6.91. The van der Waals surface area contributed by atoms with Gasteiger partial charge in [0.15, 0.2) is 0 Å². The molecule has 0 aromatic carbocycles. The lowest BCUT2D eigenvalue weighted by atomic mass is 10.2. The zero-order valence-corrected chi connectivity index (χ0v) is 12.4. The van der Waals surface area contributed by atoms with Crippen molar-refractivity contribution in [2.45, 2.75) is 30.9 Å². The maximum absolute atomic E-state index is 12.5. The molecule has 19 heavy (non-hydrogen) atoms. The minimum absolute atomic E-state index is 0.198. The van der Waals surface area contributed by atoms with E-state index in [1.165, 1.54) is 19.4 Å². The first-order valence-corrected chi connectivity index (χ1v) is 9.08. The van der Waals surface area contributed by atoms with E-state index in [-0.39, 0.29) is 5.25 Å². The first-order valence-electron chi connectivity index (χ1n) is 7.58. The summed E-state index contributed by atoms with van der Waals surface area (Å²) in [5, 5.41) is 3.01. The quantitative estimate of drug-likeness (QED) is 0.796. The number of piperazine rings is 1. The van der Waals surface area contributed by atoms with Gasteiger partial charge >= 0.3 is 0 Å². The highest BCUT2D eigenvalue weighted by atomic mass is 32.2. The Morgan fingerprint density at radius 1 is 1.05 bits per heavy atom. The Morgan fingerprint density at radius 3 is 2.37 bits per heavy atom. The van der Waals surface area contributed by atoms with Crippen molar-refractivity contribution in [3.8, 4) is 0 Å². The van der Waals surface area contributed by atoms with Gasteiger partial charge in [0.05, 0.1) is 5.25 Å². The van der Waals surface area contributed by atoms with Gasteiger partial charge in [-0.25, -0.2) is 8.42 Å². The summed E-state index contributed by atoms with van der Waals surface area (Å²) in [6.45, 7) is 5.97. The highest BCUT2D eigenvalue weighted by Gasteiger charge is 2.35. The van der Waals surface area contributed by atoms with Crippen LogP contribution in [0.25, 0.3) is 0 Å². The van der Waals surface area contributed by atoms with Crippen molar-refractivity contribution < 1.29 is 8.42 Å². The molecular formula is C13H25N3O2S. The summed E-state index contributed by atoms with van der Waals surface area (Å²) in [4.78, 5) is 2.43. The van der Waals surface area contributed by atoms with Gasteiger partial charge in [0, 0.05) is 39.3 Å². The summed E-state index contributed by atoms with van der Waals surface area (Å²) in [5.41, 5.74) is 0. The molecule has 1 saturated carbocycles. The molecule has 0 aromatic rings. The Balaban J connectivity index is 1.53. The Hall–Kier alpha value is -0.170. The van der Waals surface area contributed by atoms with Crippen molar-refractivity contribution in [3.05, 3.63) is 0 Å². The van der Waals surface area contributed by atoms with E-state index in [9.17, 15) is 8.42 Å². The highest BCUT2D eigenvalue weighted by molar-refractivity contribution is 7.89. The summed E-state index contributed by atoms with van der Waals surface area (Å²) in [6, 6.07) is 0. The average molecular weight is 287 g/mol. The van der Waals surface area contributed by atoms with Crippen LogP contribution in [-0.2, 0) is 10.0 Å². The zero-order chi connectivity index (χ0) is 13.3. The second-order valence-corrected chi connectivity index (χ2v) is 8.37. The molecule has 5 nitrogen and oxygen atoms in total. The molecule has 2 heterocycles. The van der Waals surface area contributed by atoms with Crippen molar-refractivity contribution >= 4 is 10.0 Å². The number of rotatable bonds is 4. The molecule has 0 spiro atoms. The molecule has 1 N–H and O–H groups in total. The van der Waals surface area contributed by atoms with Crippen molar-refractivity contribution in [1.29, 1.82) is 0 Å². The molecule has 3 aliphatic rings. The van der Waals surface area contributed by atoms with Crippen LogP contribution in [0.3, 0.4) is 0 Å². The van der Waals surface area contributed by atoms with Crippen LogP contribution in [0.1, 0.15) is 25.7 Å². The molecule has 0 aromatic heterocycles. The van der Waals surface area contributed by atoms with Crippen molar-refractivity contribution in [1.82, 2.24) is 14.5 Å². The Labute approximate surface area is 116 Å². The van der Waals surface area contributed by atoms with E-state index in [2.05, 4.69) is 10.2 Å². The molecule has 6 heteroatoms. The molecule has 3 rings (SSSR count). The van der Waals surface area contributed by atoms with Crippen LogP contribution in [-0.4, -0.2) is 68.7 Å². The maximum Gasteiger partial charge on any atom is 0.218 e. The van der Waals surface area contributed by atoms with Gasteiger partial charge in [-0.1, -0.05) is 0 Å². The molecule has 1 aliphatic carbocycles. The van der Waals surface area contributed by atoms with E-state index in [1.807, 2.05) is 0 Å². The summed E-state index contributed by atoms with van der Waals surface area (Å²) >= 11 is 0. The summed E-state index contributed by atoms with van der Waals surface area (Å²) in [5.74, 6) is 0.894. The molecule has 2 saturated heterocycles. The smallest absolute Gasteiger partial charge is 0.218 e. The van der Waals surface area contributed by atoms with Gasteiger partial charge in [-0.15, -0.1) is 0 Å². The van der Waals surface area contributed by atoms with Gasteiger partial charge in [-0.2, -0.15) is 4.31 Å². The second kappa shape index (κ2) is 5.68. The lowest BCUT2D eigenvalue weighted by Gasteiger charge is -2.36. The van der Waals surface area contributed by atoms with Gasteiger partial charge in [-0.3, -0.25) is 0 Å². The van der Waals surface area contributed by atoms with Crippen LogP contribution in [0, 0.1) is 5.92 Å². The zero-order valence-electron chi connectivity index (χ0n) is 11.6. The van der Waals surface area contributed by atoms with Gasteiger partial charge in [0.25, 0.3) is 0 Å². The number of piperidine rings is 1. The van der Waals surface area contributed by atoms with Crippen LogP contribution in [0.2, 0.25) is 0 Å². The van der Waals surface area contributed by atoms with Crippen molar-refractivity contribution in [3.63, 3.8) is 0 Å². The summed E-state index contributed by atoms with van der Waals surface area (Å²) in [7, 11) is -3.08. The standard InChI is InChI=1S/C13H25N3O2S/c17-19(18,13-2-1-5-14-10-13)16-8-6-15(7-9-16)11-12-3-4-12/h12-14H,1-11H2. The topological polar surface area (TPSA) is 52.7 Å². The average Bonchev–Trinajstić information content (AvgIpc) is 3.24. The van der Waals surface area contributed by atoms with Crippen LogP contribution in [0.5, 0.6) is 0 Å². The Morgan fingerprint density at radius 2 is 1.79 bits per heavy atom. The van der Waals surface area contributed by atoms with Crippen molar-refractivity contribution in [2.24, 2.45) is 5.92 Å². The molecule has 0 radical (unpaired) electrons. The van der Waals surface area contributed by atoms with E-state index in [0.29, 0.717) is 19.6 Å². The third-order valence-electron chi connectivity index (χ3n) is 4.58. The highest BCUT2D eigenvalue weighted by Crippen LogP contribution is 2.30. The molecule has 1 unspecified atom stereocenters. The van der Waals surface area contributed by atoms with E-state index >= 15 is 0 Å². The van der Waals surface area contributed by atoms with E-state index in [4.69, 9.17) is 0 Å². The van der Waals surface area contributed by atoms with Gasteiger partial charge in [-0.05, 0) is 38.1 Å². The molecule has 0 amide bonds. The van der Waals surface area contributed by atoms with Gasteiger partial charge in [0.1, 0.15) is 0 Å². The van der Waals surface area contributed by atoms with Gasteiger partial charge in [0.2, 0.25) is 10.0 Å². The summed E-state index contributed by atoms with van der Waals surface area (Å²) < 4.78 is 26.8. The minimum Gasteiger partial charge on any atom is -0.315 e. The SMILES string of the molecule is O=S(=O)(C1CCCNC1)N1CCN(CC2CC2)CC1. The first-order chi connectivity index (χ1) is 9.16. The summed E-state index contributed by atoms with van der Waals surface area (Å²) in [6.07, 6.45) is 4.53. The lowest BCUT2D eigenvalue weighted by molar-refractivity contribution is 0.181. The first kappa shape index (κ1) is 13.8. The lowest BCUT2D eigenvalue weighted by Crippen LogP contribution is -2.53. The fourth-order valence-electron chi connectivity index (χ4n) is 3.12. The second-order valence-electron chi connectivity index (χ2n) is 6.16. The number of sulfonamides is 1. The number of nitrogens with zero attached hydrogens (tertiary/aromatic N) is 2. The molecule has 1 atom stereocenters. The van der Waals surface area contributed by atoms with Gasteiger partial charge < -0.3 is 10.2 Å². The molecule has 0 bridgehead atoms. The largest absolute Gasteiger partial charge is 0.315 e. The van der Waals surface area contributed by atoms with Crippen LogP contribution < -0.4 is 5.32 Å². The number of hydrogen-bond donors (Lipinski definition) is 1. The normalized spacial score (nSPS) is 31.5. The number of hydrogen-bond acceptors (Lipinski definition) is 4. The van der Waals surface area contributed by atoms with Crippen LogP contribution >= 0.6 is 0 Å². The maximum atomic E-state index is 12.5. The van der Waals surface area contributed by atoms with Crippen LogP contribution in [0.15, 0.2) is 0 Å². The molecule has 110 valence electrons. The number of nitrogens with one attached hydrogen (secondary N) is 1. The minimum atomic E-state index is -3.08. The monoisotopic (exact) mass is 287 g/mol. The van der Waals surface area contributed by atoms with E-state index < -0.39 is 10.0 Å². The fourth-order valence-corrected chi connectivity index (χ4v) is 5.00.